The lowest BCUT2D eigenvalue weighted by atomic mass is 10.0. The van der Waals surface area contributed by atoms with Crippen LogP contribution in [-0.2, 0) is 0 Å². The van der Waals surface area contributed by atoms with E-state index >= 15 is 0 Å². The molecule has 0 aliphatic carbocycles. The van der Waals surface area contributed by atoms with E-state index in [-0.39, 0.29) is 0 Å². The first kappa shape index (κ1) is 16.2. The Morgan fingerprint density at radius 3 is 2.86 bits per heavy atom. The van der Waals surface area contributed by atoms with Crippen LogP contribution in [0.15, 0.2) is 18.3 Å². The van der Waals surface area contributed by atoms with E-state index in [0.29, 0.717) is 12.1 Å². The molecule has 1 aliphatic heterocycles. The summed E-state index contributed by atoms with van der Waals surface area (Å²) in [7, 11) is 4.35. The molecule has 0 bridgehead atoms. The lowest BCUT2D eigenvalue weighted by molar-refractivity contribution is 0.258. The third-order valence-electron chi connectivity index (χ3n) is 4.41. The van der Waals surface area contributed by atoms with Crippen LogP contribution in [0.5, 0.6) is 0 Å². The second-order valence-corrected chi connectivity index (χ2v) is 6.32. The zero-order valence-electron chi connectivity index (χ0n) is 14.0. The average Bonchev–Trinajstić information content (AvgIpc) is 2.53. The number of hydrogen-bond acceptors (Lipinski definition) is 4. The summed E-state index contributed by atoms with van der Waals surface area (Å²) in [6, 6.07) is 5.38. The molecule has 0 radical (unpaired) electrons. The van der Waals surface area contributed by atoms with Gasteiger partial charge in [-0.05, 0) is 59.0 Å². The predicted molar refractivity (Wildman–Crippen MR) is 89.9 cm³/mol. The predicted octanol–water partition coefficient (Wildman–Crippen LogP) is 2.67. The molecule has 2 rings (SSSR count). The number of nitrogens with one attached hydrogen (secondary N) is 1. The molecule has 21 heavy (non-hydrogen) atoms. The smallest absolute Gasteiger partial charge is 0.0572 e. The molecule has 0 aromatic carbocycles. The van der Waals surface area contributed by atoms with E-state index in [1.54, 1.807) is 0 Å². The van der Waals surface area contributed by atoms with Gasteiger partial charge in [0, 0.05) is 25.2 Å². The highest BCUT2D eigenvalue weighted by Crippen LogP contribution is 2.22. The van der Waals surface area contributed by atoms with Crippen LogP contribution in [0.3, 0.4) is 0 Å². The standard InChI is InChI=1S/C17H30N4/c1-5-10-18-14(2)17-9-8-15(12-19-17)21-11-6-7-16(13-21)20(3)4/h8-9,12,14,16,18H,5-7,10-11,13H2,1-4H3. The Balaban J connectivity index is 1.98. The molecule has 118 valence electrons. The van der Waals surface area contributed by atoms with Crippen molar-refractivity contribution in [1.82, 2.24) is 15.2 Å². The van der Waals surface area contributed by atoms with Crippen LogP contribution >= 0.6 is 0 Å². The minimum absolute atomic E-state index is 0.329. The van der Waals surface area contributed by atoms with Gasteiger partial charge in [0.25, 0.3) is 0 Å². The molecule has 2 atom stereocenters. The Bertz CT molecular complexity index is 415. The molecule has 4 heteroatoms. The van der Waals surface area contributed by atoms with Gasteiger partial charge in [0.15, 0.2) is 0 Å². The number of nitrogens with zero attached hydrogens (tertiary/aromatic N) is 3. The summed E-state index contributed by atoms with van der Waals surface area (Å²) in [4.78, 5) is 9.46. The average molecular weight is 290 g/mol. The van der Waals surface area contributed by atoms with Crippen molar-refractivity contribution < 1.29 is 0 Å². The highest BCUT2D eigenvalue weighted by atomic mass is 15.2. The molecule has 1 saturated heterocycles. The van der Waals surface area contributed by atoms with Gasteiger partial charge in [-0.3, -0.25) is 4.98 Å². The molecule has 0 saturated carbocycles. The van der Waals surface area contributed by atoms with Crippen molar-refractivity contribution in [1.29, 1.82) is 0 Å². The van der Waals surface area contributed by atoms with E-state index in [1.165, 1.54) is 18.5 Å². The van der Waals surface area contributed by atoms with E-state index in [9.17, 15) is 0 Å². The van der Waals surface area contributed by atoms with Crippen molar-refractivity contribution in [2.24, 2.45) is 0 Å². The normalized spacial score (nSPS) is 20.8. The maximum Gasteiger partial charge on any atom is 0.0572 e. The van der Waals surface area contributed by atoms with Crippen LogP contribution in [-0.4, -0.2) is 49.7 Å². The fourth-order valence-corrected chi connectivity index (χ4v) is 2.92. The number of rotatable bonds is 6. The van der Waals surface area contributed by atoms with E-state index in [4.69, 9.17) is 0 Å². The summed E-state index contributed by atoms with van der Waals surface area (Å²) < 4.78 is 0. The lowest BCUT2D eigenvalue weighted by Crippen LogP contribution is -2.45. The van der Waals surface area contributed by atoms with Crippen LogP contribution < -0.4 is 10.2 Å². The SMILES string of the molecule is CCCNC(C)c1ccc(N2CCCC(N(C)C)C2)cn1. The summed E-state index contributed by atoms with van der Waals surface area (Å²) >= 11 is 0. The Hall–Kier alpha value is -1.13. The molecule has 2 unspecified atom stereocenters. The molecule has 0 spiro atoms. The molecule has 2 heterocycles. The van der Waals surface area contributed by atoms with Gasteiger partial charge in [-0.25, -0.2) is 0 Å². The quantitative estimate of drug-likeness (QED) is 0.873. The van der Waals surface area contributed by atoms with Crippen LogP contribution in [0, 0.1) is 0 Å². The monoisotopic (exact) mass is 290 g/mol. The topological polar surface area (TPSA) is 31.4 Å². The fourth-order valence-electron chi connectivity index (χ4n) is 2.92. The molecule has 1 N–H and O–H groups in total. The summed E-state index contributed by atoms with van der Waals surface area (Å²) in [5, 5.41) is 3.49. The number of anilines is 1. The van der Waals surface area contributed by atoms with Gasteiger partial charge >= 0.3 is 0 Å². The van der Waals surface area contributed by atoms with Crippen molar-refractivity contribution in [2.75, 3.05) is 38.6 Å². The first-order valence-corrected chi connectivity index (χ1v) is 8.22. The maximum atomic E-state index is 4.66. The fraction of sp³-hybridized carbons (Fsp3) is 0.706. The van der Waals surface area contributed by atoms with Crippen molar-refractivity contribution in [3.8, 4) is 0 Å². The Morgan fingerprint density at radius 1 is 1.43 bits per heavy atom. The third kappa shape index (κ3) is 4.42. The molecular formula is C17H30N4. The summed E-state index contributed by atoms with van der Waals surface area (Å²) in [5.74, 6) is 0. The van der Waals surface area contributed by atoms with Crippen LogP contribution in [0.25, 0.3) is 0 Å². The number of pyridine rings is 1. The van der Waals surface area contributed by atoms with E-state index in [0.717, 1.165) is 31.7 Å². The van der Waals surface area contributed by atoms with Gasteiger partial charge in [-0.1, -0.05) is 6.92 Å². The molecule has 1 fully saturated rings. The van der Waals surface area contributed by atoms with E-state index in [1.807, 2.05) is 6.20 Å². The summed E-state index contributed by atoms with van der Waals surface area (Å²) in [6.45, 7) is 7.67. The summed E-state index contributed by atoms with van der Waals surface area (Å²) in [5.41, 5.74) is 2.39. The highest BCUT2D eigenvalue weighted by Gasteiger charge is 2.21. The van der Waals surface area contributed by atoms with Gasteiger partial charge < -0.3 is 15.1 Å². The van der Waals surface area contributed by atoms with Gasteiger partial charge in [0.05, 0.1) is 17.6 Å². The van der Waals surface area contributed by atoms with Gasteiger partial charge in [0.1, 0.15) is 0 Å². The maximum absolute atomic E-state index is 4.66. The van der Waals surface area contributed by atoms with Crippen molar-refractivity contribution >= 4 is 5.69 Å². The van der Waals surface area contributed by atoms with Crippen LogP contribution in [0.1, 0.15) is 44.8 Å². The molecule has 1 aliphatic rings. The number of aromatic nitrogens is 1. The lowest BCUT2D eigenvalue weighted by Gasteiger charge is -2.37. The zero-order chi connectivity index (χ0) is 15.2. The molecular weight excluding hydrogens is 260 g/mol. The Kier molecular flexibility index (Phi) is 6.00. The minimum Gasteiger partial charge on any atom is -0.369 e. The van der Waals surface area contributed by atoms with Gasteiger partial charge in [-0.2, -0.15) is 0 Å². The molecule has 0 amide bonds. The molecule has 4 nitrogen and oxygen atoms in total. The Labute approximate surface area is 129 Å². The zero-order valence-corrected chi connectivity index (χ0v) is 14.0. The van der Waals surface area contributed by atoms with Gasteiger partial charge in [0.2, 0.25) is 0 Å². The minimum atomic E-state index is 0.329. The van der Waals surface area contributed by atoms with E-state index in [2.05, 4.69) is 60.2 Å². The second kappa shape index (κ2) is 7.76. The number of likely N-dealkylation sites (N-methyl/N-ethyl adjacent to an activating group) is 1. The third-order valence-corrected chi connectivity index (χ3v) is 4.41. The van der Waals surface area contributed by atoms with E-state index < -0.39 is 0 Å². The molecule has 1 aromatic rings. The first-order chi connectivity index (χ1) is 10.1. The molecule has 1 aromatic heterocycles. The van der Waals surface area contributed by atoms with Crippen molar-refractivity contribution in [2.45, 2.75) is 45.2 Å². The Morgan fingerprint density at radius 2 is 2.24 bits per heavy atom. The largest absolute Gasteiger partial charge is 0.369 e. The second-order valence-electron chi connectivity index (χ2n) is 6.32. The first-order valence-electron chi connectivity index (χ1n) is 8.22. The van der Waals surface area contributed by atoms with Crippen LogP contribution in [0.4, 0.5) is 5.69 Å². The summed E-state index contributed by atoms with van der Waals surface area (Å²) in [6.07, 6.45) is 5.76. The number of hydrogen-bond donors (Lipinski definition) is 1. The van der Waals surface area contributed by atoms with Crippen molar-refractivity contribution in [3.63, 3.8) is 0 Å². The van der Waals surface area contributed by atoms with Gasteiger partial charge in [-0.15, -0.1) is 0 Å². The number of piperidine rings is 1. The highest BCUT2D eigenvalue weighted by molar-refractivity contribution is 5.45. The van der Waals surface area contributed by atoms with Crippen molar-refractivity contribution in [3.05, 3.63) is 24.0 Å². The van der Waals surface area contributed by atoms with Crippen LogP contribution in [0.2, 0.25) is 0 Å².